The normalized spacial score (nSPS) is 10.5. The largest absolute Gasteiger partial charge is 0.481 e. The van der Waals surface area contributed by atoms with Gasteiger partial charge in [0, 0.05) is 15.7 Å². The molecule has 5 heteroatoms. The minimum absolute atomic E-state index is 0.0361. The van der Waals surface area contributed by atoms with Crippen molar-refractivity contribution in [2.45, 2.75) is 6.42 Å². The Hall–Kier alpha value is -2.66. The lowest BCUT2D eigenvalue weighted by molar-refractivity contribution is -0.136. The summed E-state index contributed by atoms with van der Waals surface area (Å²) < 4.78 is 0.938. The van der Waals surface area contributed by atoms with Crippen molar-refractivity contribution in [2.24, 2.45) is 0 Å². The number of nitrogens with one attached hydrogen (secondary N) is 1. The molecule has 120 valence electrons. The predicted molar refractivity (Wildman–Crippen MR) is 97.4 cm³/mol. The van der Waals surface area contributed by atoms with Crippen molar-refractivity contribution in [3.05, 3.63) is 76.3 Å². The lowest BCUT2D eigenvalue weighted by atomic mass is 10.0. The van der Waals surface area contributed by atoms with Gasteiger partial charge in [0.05, 0.1) is 6.42 Å². The number of amides is 1. The maximum absolute atomic E-state index is 12.6. The number of hydrogen-bond acceptors (Lipinski definition) is 2. The fourth-order valence-electron chi connectivity index (χ4n) is 2.55. The maximum atomic E-state index is 12.6. The van der Waals surface area contributed by atoms with Crippen molar-refractivity contribution in [3.63, 3.8) is 0 Å². The topological polar surface area (TPSA) is 66.4 Å². The summed E-state index contributed by atoms with van der Waals surface area (Å²) >= 11 is 3.49. The van der Waals surface area contributed by atoms with Gasteiger partial charge in [0.25, 0.3) is 5.91 Å². The van der Waals surface area contributed by atoms with Crippen LogP contribution in [0.5, 0.6) is 0 Å². The number of rotatable bonds is 4. The second kappa shape index (κ2) is 6.84. The molecule has 0 unspecified atom stereocenters. The number of fused-ring (bicyclic) bond motifs is 1. The first-order valence-electron chi connectivity index (χ1n) is 7.34. The van der Waals surface area contributed by atoms with Gasteiger partial charge >= 0.3 is 5.97 Å². The van der Waals surface area contributed by atoms with E-state index in [2.05, 4.69) is 21.2 Å². The summed E-state index contributed by atoms with van der Waals surface area (Å²) in [4.78, 5) is 23.3. The van der Waals surface area contributed by atoms with Crippen LogP contribution in [0.15, 0.2) is 65.1 Å². The van der Waals surface area contributed by atoms with Gasteiger partial charge in [0.2, 0.25) is 0 Å². The predicted octanol–water partition coefficient (Wildman–Crippen LogP) is 4.48. The summed E-state index contributed by atoms with van der Waals surface area (Å²) in [6.07, 6.45) is -0.0361. The lowest BCUT2D eigenvalue weighted by Crippen LogP contribution is -2.12. The van der Waals surface area contributed by atoms with Crippen molar-refractivity contribution < 1.29 is 14.7 Å². The summed E-state index contributed by atoms with van der Waals surface area (Å²) in [7, 11) is 0. The first-order chi connectivity index (χ1) is 11.5. The maximum Gasteiger partial charge on any atom is 0.307 e. The molecular weight excluding hydrogens is 370 g/mol. The molecule has 0 radical (unpaired) electrons. The molecule has 3 aromatic carbocycles. The Morgan fingerprint density at radius 2 is 1.58 bits per heavy atom. The van der Waals surface area contributed by atoms with Crippen molar-refractivity contribution in [1.29, 1.82) is 0 Å². The average molecular weight is 384 g/mol. The van der Waals surface area contributed by atoms with E-state index in [4.69, 9.17) is 5.11 Å². The van der Waals surface area contributed by atoms with E-state index in [1.807, 2.05) is 30.3 Å². The van der Waals surface area contributed by atoms with Gasteiger partial charge in [-0.2, -0.15) is 0 Å². The molecule has 3 aromatic rings. The first kappa shape index (κ1) is 16.2. The first-order valence-corrected chi connectivity index (χ1v) is 8.13. The van der Waals surface area contributed by atoms with Crippen LogP contribution in [0.3, 0.4) is 0 Å². The zero-order valence-corrected chi connectivity index (χ0v) is 14.2. The van der Waals surface area contributed by atoms with Crippen LogP contribution in [0.2, 0.25) is 0 Å². The van der Waals surface area contributed by atoms with Gasteiger partial charge in [-0.15, -0.1) is 0 Å². The van der Waals surface area contributed by atoms with Crippen molar-refractivity contribution in [3.8, 4) is 0 Å². The molecule has 4 nitrogen and oxygen atoms in total. The quantitative estimate of drug-likeness (QED) is 0.697. The number of carboxylic acid groups (broad SMARTS) is 1. The Kier molecular flexibility index (Phi) is 4.62. The molecule has 0 fully saturated rings. The van der Waals surface area contributed by atoms with Gasteiger partial charge in [0.1, 0.15) is 0 Å². The molecule has 1 amide bonds. The van der Waals surface area contributed by atoms with Crippen molar-refractivity contribution in [2.75, 3.05) is 5.32 Å². The lowest BCUT2D eigenvalue weighted by Gasteiger charge is -2.09. The molecule has 0 aromatic heterocycles. The molecular formula is C19H14BrNO3. The number of benzene rings is 3. The van der Waals surface area contributed by atoms with E-state index in [0.717, 1.165) is 15.2 Å². The minimum Gasteiger partial charge on any atom is -0.481 e. The zero-order valence-electron chi connectivity index (χ0n) is 12.6. The number of hydrogen-bond donors (Lipinski definition) is 2. The number of halogens is 1. The Balaban J connectivity index is 1.85. The molecule has 0 aliphatic rings. The summed E-state index contributed by atoms with van der Waals surface area (Å²) in [5.74, 6) is -1.09. The highest BCUT2D eigenvalue weighted by Gasteiger charge is 2.11. The number of aliphatic carboxylic acids is 1. The Morgan fingerprint density at radius 1 is 0.917 bits per heavy atom. The Bertz CT molecular complexity index is 920. The molecule has 0 aliphatic heterocycles. The number of carbonyl (C=O) groups excluding carboxylic acids is 1. The standard InChI is InChI=1S/C19H14BrNO3/c20-17-6-2-3-14-15(17)4-1-5-16(14)19(24)21-13-9-7-12(8-10-13)11-18(22)23/h1-10H,11H2,(H,21,24)(H,22,23). The number of carbonyl (C=O) groups is 2. The average Bonchev–Trinajstić information content (AvgIpc) is 2.56. The fraction of sp³-hybridized carbons (Fsp3) is 0.0526. The number of anilines is 1. The molecule has 3 rings (SSSR count). The highest BCUT2D eigenvalue weighted by atomic mass is 79.9. The van der Waals surface area contributed by atoms with E-state index in [1.54, 1.807) is 30.3 Å². The third kappa shape index (κ3) is 3.46. The van der Waals surface area contributed by atoms with Crippen LogP contribution < -0.4 is 5.32 Å². The van der Waals surface area contributed by atoms with Gasteiger partial charge in [-0.1, -0.05) is 52.3 Å². The highest BCUT2D eigenvalue weighted by Crippen LogP contribution is 2.26. The third-order valence-corrected chi connectivity index (χ3v) is 4.37. The second-order valence-electron chi connectivity index (χ2n) is 5.36. The monoisotopic (exact) mass is 383 g/mol. The summed E-state index contributed by atoms with van der Waals surface area (Å²) in [6, 6.07) is 18.1. The highest BCUT2D eigenvalue weighted by molar-refractivity contribution is 9.10. The van der Waals surface area contributed by atoms with Crippen LogP contribution in [-0.4, -0.2) is 17.0 Å². The van der Waals surface area contributed by atoms with E-state index in [0.29, 0.717) is 16.8 Å². The van der Waals surface area contributed by atoms with Crippen LogP contribution in [0, 0.1) is 0 Å². The summed E-state index contributed by atoms with van der Waals surface area (Å²) in [5.41, 5.74) is 1.90. The van der Waals surface area contributed by atoms with Crippen LogP contribution in [-0.2, 0) is 11.2 Å². The minimum atomic E-state index is -0.881. The second-order valence-corrected chi connectivity index (χ2v) is 6.22. The molecule has 2 N–H and O–H groups in total. The summed E-state index contributed by atoms with van der Waals surface area (Å²) in [5, 5.41) is 13.5. The Labute approximate surface area is 147 Å². The SMILES string of the molecule is O=C(O)Cc1ccc(NC(=O)c2cccc3c(Br)cccc23)cc1. The van der Waals surface area contributed by atoms with Gasteiger partial charge in [-0.05, 0) is 40.6 Å². The van der Waals surface area contributed by atoms with Gasteiger partial charge in [-0.3, -0.25) is 9.59 Å². The summed E-state index contributed by atoms with van der Waals surface area (Å²) in [6.45, 7) is 0. The van der Waals surface area contributed by atoms with Crippen LogP contribution in [0.25, 0.3) is 10.8 Å². The molecule has 0 atom stereocenters. The molecule has 0 heterocycles. The van der Waals surface area contributed by atoms with E-state index in [9.17, 15) is 9.59 Å². The molecule has 0 aliphatic carbocycles. The van der Waals surface area contributed by atoms with Crippen molar-refractivity contribution >= 4 is 44.3 Å². The molecule has 0 saturated heterocycles. The van der Waals surface area contributed by atoms with Gasteiger partial charge < -0.3 is 10.4 Å². The zero-order chi connectivity index (χ0) is 17.1. The van der Waals surface area contributed by atoms with Gasteiger partial charge in [-0.25, -0.2) is 0 Å². The smallest absolute Gasteiger partial charge is 0.307 e. The number of carboxylic acids is 1. The fourth-order valence-corrected chi connectivity index (χ4v) is 3.05. The van der Waals surface area contributed by atoms with E-state index in [-0.39, 0.29) is 12.3 Å². The third-order valence-electron chi connectivity index (χ3n) is 3.68. The van der Waals surface area contributed by atoms with Crippen LogP contribution >= 0.6 is 15.9 Å². The molecule has 0 saturated carbocycles. The molecule has 24 heavy (non-hydrogen) atoms. The van der Waals surface area contributed by atoms with E-state index >= 15 is 0 Å². The Morgan fingerprint density at radius 3 is 2.29 bits per heavy atom. The molecule has 0 bridgehead atoms. The molecule has 0 spiro atoms. The van der Waals surface area contributed by atoms with E-state index in [1.165, 1.54) is 0 Å². The van der Waals surface area contributed by atoms with Crippen LogP contribution in [0.1, 0.15) is 15.9 Å². The van der Waals surface area contributed by atoms with Crippen molar-refractivity contribution in [1.82, 2.24) is 0 Å². The van der Waals surface area contributed by atoms with Crippen LogP contribution in [0.4, 0.5) is 5.69 Å². The van der Waals surface area contributed by atoms with E-state index < -0.39 is 5.97 Å². The van der Waals surface area contributed by atoms with Gasteiger partial charge in [0.15, 0.2) is 0 Å².